The molecule has 0 bridgehead atoms. The van der Waals surface area contributed by atoms with Crippen molar-refractivity contribution in [2.45, 2.75) is 39.3 Å². The maximum Gasteiger partial charge on any atom is 0.252 e. The van der Waals surface area contributed by atoms with Gasteiger partial charge in [-0.1, -0.05) is 25.4 Å². The highest BCUT2D eigenvalue weighted by Gasteiger charge is 2.47. The van der Waals surface area contributed by atoms with Gasteiger partial charge in [-0.25, -0.2) is 4.39 Å². The molecule has 114 valence electrons. The Kier molecular flexibility index (Phi) is 3.97. The number of nitrogens with one attached hydrogen (secondary N) is 1. The molecule has 4 nitrogen and oxygen atoms in total. The van der Waals surface area contributed by atoms with Crippen LogP contribution in [0.5, 0.6) is 0 Å². The Bertz CT molecular complexity index is 601. The first kappa shape index (κ1) is 15.8. The molecular weight excluding hydrogens is 295 g/mol. The molecule has 1 fully saturated rings. The Morgan fingerprint density at radius 2 is 1.95 bits per heavy atom. The van der Waals surface area contributed by atoms with Crippen LogP contribution in [0.15, 0.2) is 18.2 Å². The van der Waals surface area contributed by atoms with Crippen molar-refractivity contribution in [1.82, 2.24) is 5.32 Å². The molecule has 1 aliphatic rings. The highest BCUT2D eigenvalue weighted by Crippen LogP contribution is 2.34. The lowest BCUT2D eigenvalue weighted by Gasteiger charge is -2.44. The summed E-state index contributed by atoms with van der Waals surface area (Å²) >= 11 is 6.07. The number of halogens is 2. The molecule has 1 heterocycles. The molecule has 6 heteroatoms. The van der Waals surface area contributed by atoms with Gasteiger partial charge < -0.3 is 5.32 Å². The van der Waals surface area contributed by atoms with Gasteiger partial charge in [0.1, 0.15) is 17.4 Å². The van der Waals surface area contributed by atoms with Crippen molar-refractivity contribution in [2.75, 3.05) is 4.90 Å². The Morgan fingerprint density at radius 3 is 2.48 bits per heavy atom. The third-order valence-electron chi connectivity index (χ3n) is 3.54. The van der Waals surface area contributed by atoms with Crippen LogP contribution in [-0.4, -0.2) is 23.4 Å². The van der Waals surface area contributed by atoms with Crippen molar-refractivity contribution in [1.29, 1.82) is 0 Å². The van der Waals surface area contributed by atoms with Crippen molar-refractivity contribution in [3.05, 3.63) is 29.0 Å². The van der Waals surface area contributed by atoms with Gasteiger partial charge in [-0.2, -0.15) is 0 Å². The molecule has 0 saturated carbocycles. The zero-order valence-corrected chi connectivity index (χ0v) is 13.2. The Labute approximate surface area is 128 Å². The number of amides is 2. The molecule has 1 aromatic rings. The SMILES string of the molecule is CC(C)C1C(=O)NC(C)(C)C(=O)N1c1ccc(F)cc1Cl. The van der Waals surface area contributed by atoms with Crippen LogP contribution in [0, 0.1) is 11.7 Å². The number of rotatable bonds is 2. The maximum absolute atomic E-state index is 13.2. The van der Waals surface area contributed by atoms with E-state index in [2.05, 4.69) is 5.32 Å². The first-order chi connectivity index (χ1) is 9.65. The Morgan fingerprint density at radius 1 is 1.33 bits per heavy atom. The number of carbonyl (C=O) groups excluding carboxylic acids is 2. The third kappa shape index (κ3) is 2.75. The fourth-order valence-corrected chi connectivity index (χ4v) is 2.78. The molecule has 0 spiro atoms. The van der Waals surface area contributed by atoms with Crippen molar-refractivity contribution in [2.24, 2.45) is 5.92 Å². The molecule has 2 amide bonds. The summed E-state index contributed by atoms with van der Waals surface area (Å²) in [5, 5.41) is 2.83. The second-order valence-electron chi connectivity index (χ2n) is 6.07. The predicted molar refractivity (Wildman–Crippen MR) is 79.7 cm³/mol. The van der Waals surface area contributed by atoms with Gasteiger partial charge in [0.25, 0.3) is 5.91 Å². The smallest absolute Gasteiger partial charge is 0.252 e. The molecule has 0 radical (unpaired) electrons. The van der Waals surface area contributed by atoms with E-state index in [0.717, 1.165) is 6.07 Å². The van der Waals surface area contributed by atoms with Gasteiger partial charge in [0.2, 0.25) is 5.91 Å². The molecule has 1 aliphatic heterocycles. The van der Waals surface area contributed by atoms with Gasteiger partial charge in [-0.05, 0) is 38.0 Å². The lowest BCUT2D eigenvalue weighted by molar-refractivity contribution is -0.138. The van der Waals surface area contributed by atoms with Gasteiger partial charge in [0.05, 0.1) is 10.7 Å². The summed E-state index contributed by atoms with van der Waals surface area (Å²) in [5.74, 6) is -1.10. The number of hydrogen-bond acceptors (Lipinski definition) is 2. The average molecular weight is 313 g/mol. The summed E-state index contributed by atoms with van der Waals surface area (Å²) in [6, 6.07) is 3.13. The van der Waals surface area contributed by atoms with Crippen molar-refractivity contribution in [3.63, 3.8) is 0 Å². The normalized spacial score (nSPS) is 21.7. The molecular formula is C15H18ClFN2O2. The van der Waals surface area contributed by atoms with Crippen LogP contribution in [0.3, 0.4) is 0 Å². The van der Waals surface area contributed by atoms with Crippen LogP contribution in [0.4, 0.5) is 10.1 Å². The van der Waals surface area contributed by atoms with E-state index >= 15 is 0 Å². The number of anilines is 1. The molecule has 1 saturated heterocycles. The number of piperazine rings is 1. The predicted octanol–water partition coefficient (Wildman–Crippen LogP) is 2.75. The minimum Gasteiger partial charge on any atom is -0.340 e. The van der Waals surface area contributed by atoms with Gasteiger partial charge in [0.15, 0.2) is 0 Å². The number of nitrogens with zero attached hydrogens (tertiary/aromatic N) is 1. The second kappa shape index (κ2) is 5.30. The monoisotopic (exact) mass is 312 g/mol. The fraction of sp³-hybridized carbons (Fsp3) is 0.467. The van der Waals surface area contributed by atoms with Gasteiger partial charge in [-0.3, -0.25) is 14.5 Å². The summed E-state index contributed by atoms with van der Waals surface area (Å²) in [7, 11) is 0. The van der Waals surface area contributed by atoms with Crippen LogP contribution in [0.25, 0.3) is 0 Å². The van der Waals surface area contributed by atoms with Crippen molar-refractivity contribution < 1.29 is 14.0 Å². The lowest BCUT2D eigenvalue weighted by atomic mass is 9.91. The number of carbonyl (C=O) groups is 2. The third-order valence-corrected chi connectivity index (χ3v) is 3.84. The van der Waals surface area contributed by atoms with Crippen LogP contribution >= 0.6 is 11.6 Å². The first-order valence-corrected chi connectivity index (χ1v) is 7.13. The zero-order chi connectivity index (χ0) is 15.9. The number of hydrogen-bond donors (Lipinski definition) is 1. The van der Waals surface area contributed by atoms with Gasteiger partial charge in [0, 0.05) is 0 Å². The maximum atomic E-state index is 13.2. The highest BCUT2D eigenvalue weighted by molar-refractivity contribution is 6.34. The topological polar surface area (TPSA) is 49.4 Å². The molecule has 0 aromatic heterocycles. The van der Waals surface area contributed by atoms with Crippen LogP contribution in [0.1, 0.15) is 27.7 Å². The summed E-state index contributed by atoms with van der Waals surface area (Å²) in [6.07, 6.45) is 0. The summed E-state index contributed by atoms with van der Waals surface area (Å²) in [6.45, 7) is 6.96. The highest BCUT2D eigenvalue weighted by atomic mass is 35.5. The first-order valence-electron chi connectivity index (χ1n) is 6.76. The molecule has 2 rings (SSSR count). The molecule has 1 atom stereocenters. The van der Waals surface area contributed by atoms with E-state index in [9.17, 15) is 14.0 Å². The summed E-state index contributed by atoms with van der Waals surface area (Å²) in [5.41, 5.74) is -0.676. The van der Waals surface area contributed by atoms with Crippen molar-refractivity contribution in [3.8, 4) is 0 Å². The minimum absolute atomic E-state index is 0.105. The summed E-state index contributed by atoms with van der Waals surface area (Å²) in [4.78, 5) is 26.4. The van der Waals surface area contributed by atoms with E-state index in [1.54, 1.807) is 13.8 Å². The summed E-state index contributed by atoms with van der Waals surface area (Å²) < 4.78 is 13.2. The number of benzene rings is 1. The molecule has 1 unspecified atom stereocenters. The standard InChI is InChI=1S/C15H18ClFN2O2/c1-8(2)12-13(20)18-15(3,4)14(21)19(12)11-6-5-9(17)7-10(11)16/h5-8,12H,1-4H3,(H,18,20). The van der Waals surface area contributed by atoms with Crippen LogP contribution < -0.4 is 10.2 Å². The molecule has 0 aliphatic carbocycles. The minimum atomic E-state index is -1.03. The van der Waals surface area contributed by atoms with E-state index in [1.807, 2.05) is 13.8 Å². The molecule has 1 N–H and O–H groups in total. The van der Waals surface area contributed by atoms with E-state index < -0.39 is 17.4 Å². The second-order valence-corrected chi connectivity index (χ2v) is 6.48. The van der Waals surface area contributed by atoms with E-state index in [1.165, 1.54) is 17.0 Å². The quantitative estimate of drug-likeness (QED) is 0.913. The average Bonchev–Trinajstić information content (AvgIpc) is 2.33. The zero-order valence-electron chi connectivity index (χ0n) is 12.4. The molecule has 1 aromatic carbocycles. The van der Waals surface area contributed by atoms with E-state index in [0.29, 0.717) is 5.69 Å². The Balaban J connectivity index is 2.58. The Hall–Kier alpha value is -1.62. The van der Waals surface area contributed by atoms with Gasteiger partial charge in [-0.15, -0.1) is 0 Å². The largest absolute Gasteiger partial charge is 0.340 e. The fourth-order valence-electron chi connectivity index (χ4n) is 2.52. The van der Waals surface area contributed by atoms with Gasteiger partial charge >= 0.3 is 0 Å². The molecule has 21 heavy (non-hydrogen) atoms. The van der Waals surface area contributed by atoms with Crippen LogP contribution in [0.2, 0.25) is 5.02 Å². The lowest BCUT2D eigenvalue weighted by Crippen LogP contribution is -2.69. The van der Waals surface area contributed by atoms with E-state index in [4.69, 9.17) is 11.6 Å². The van der Waals surface area contributed by atoms with Crippen molar-refractivity contribution >= 4 is 29.1 Å². The van der Waals surface area contributed by atoms with Crippen LogP contribution in [-0.2, 0) is 9.59 Å². The van der Waals surface area contributed by atoms with E-state index in [-0.39, 0.29) is 22.8 Å².